The maximum atomic E-state index is 5.96. The fourth-order valence-electron chi connectivity index (χ4n) is 1.96. The summed E-state index contributed by atoms with van der Waals surface area (Å²) >= 11 is 1.62. The van der Waals surface area contributed by atoms with Gasteiger partial charge in [-0.2, -0.15) is 5.10 Å². The van der Waals surface area contributed by atoms with Gasteiger partial charge in [-0.15, -0.1) is 11.3 Å². The number of aryl methyl sites for hydroxylation is 2. The van der Waals surface area contributed by atoms with Crippen molar-refractivity contribution in [2.45, 2.75) is 13.8 Å². The third kappa shape index (κ3) is 2.13. The van der Waals surface area contributed by atoms with Crippen molar-refractivity contribution in [3.05, 3.63) is 39.5 Å². The van der Waals surface area contributed by atoms with Crippen LogP contribution in [0.3, 0.4) is 0 Å². The van der Waals surface area contributed by atoms with E-state index in [-0.39, 0.29) is 0 Å². The summed E-state index contributed by atoms with van der Waals surface area (Å²) in [4.78, 5) is 5.37. The number of fused-ring (bicyclic) bond motifs is 1. The minimum Gasteiger partial charge on any atom is -0.398 e. The first-order valence-corrected chi connectivity index (χ1v) is 6.85. The number of rotatable bonds is 2. The second-order valence-corrected chi connectivity index (χ2v) is 5.38. The first-order valence-electron chi connectivity index (χ1n) is 5.97. The summed E-state index contributed by atoms with van der Waals surface area (Å²) in [5.74, 6) is 0. The highest BCUT2D eigenvalue weighted by Crippen LogP contribution is 2.24. The van der Waals surface area contributed by atoms with Crippen LogP contribution >= 0.6 is 11.3 Å². The predicted octanol–water partition coefficient (Wildman–Crippen LogP) is 3.39. The lowest BCUT2D eigenvalue weighted by Crippen LogP contribution is -1.88. The van der Waals surface area contributed by atoms with Crippen molar-refractivity contribution in [3.8, 4) is 0 Å². The molecule has 3 rings (SSSR count). The molecule has 3 aromatic rings. The molecule has 1 aromatic carbocycles. The summed E-state index contributed by atoms with van der Waals surface area (Å²) in [6.45, 7) is 3.99. The maximum absolute atomic E-state index is 5.96. The Balaban J connectivity index is 2.04. The largest absolute Gasteiger partial charge is 0.398 e. The lowest BCUT2D eigenvalue weighted by Gasteiger charge is -1.99. The van der Waals surface area contributed by atoms with Crippen LogP contribution < -0.4 is 5.73 Å². The number of aromatic amines is 1. The van der Waals surface area contributed by atoms with Gasteiger partial charge in [0.25, 0.3) is 0 Å². The molecular weight excluding hydrogens is 256 g/mol. The van der Waals surface area contributed by atoms with Gasteiger partial charge in [0.2, 0.25) is 0 Å². The minimum absolute atomic E-state index is 0.789. The number of benzene rings is 1. The molecule has 5 heteroatoms. The number of hydrogen-bond acceptors (Lipinski definition) is 4. The van der Waals surface area contributed by atoms with E-state index >= 15 is 0 Å². The summed E-state index contributed by atoms with van der Waals surface area (Å²) in [6, 6.07) is 3.99. The third-order valence-corrected chi connectivity index (χ3v) is 4.05. The molecule has 0 spiro atoms. The molecule has 0 atom stereocenters. The first kappa shape index (κ1) is 11.9. The summed E-state index contributed by atoms with van der Waals surface area (Å²) in [6.07, 6.45) is 4.03. The van der Waals surface area contributed by atoms with Crippen molar-refractivity contribution in [1.82, 2.24) is 15.2 Å². The smallest absolute Gasteiger partial charge is 0.0928 e. The summed E-state index contributed by atoms with van der Waals surface area (Å²) < 4.78 is 0. The van der Waals surface area contributed by atoms with E-state index < -0.39 is 0 Å². The lowest BCUT2D eigenvalue weighted by molar-refractivity contribution is 1.11. The van der Waals surface area contributed by atoms with E-state index in [9.17, 15) is 0 Å². The molecule has 0 aliphatic carbocycles. The van der Waals surface area contributed by atoms with Crippen molar-refractivity contribution in [1.29, 1.82) is 0 Å². The Morgan fingerprint density at radius 2 is 2.11 bits per heavy atom. The van der Waals surface area contributed by atoms with Crippen LogP contribution in [0.25, 0.3) is 23.1 Å². The number of thiazole rings is 1. The third-order valence-electron chi connectivity index (χ3n) is 3.15. The number of anilines is 1. The zero-order chi connectivity index (χ0) is 13.4. The molecule has 2 aromatic heterocycles. The van der Waals surface area contributed by atoms with E-state index in [1.165, 1.54) is 0 Å². The molecule has 0 aliphatic rings. The van der Waals surface area contributed by atoms with Crippen molar-refractivity contribution in [2.75, 3.05) is 5.73 Å². The van der Waals surface area contributed by atoms with E-state index in [2.05, 4.69) is 15.2 Å². The average molecular weight is 270 g/mol. The number of aromatic nitrogens is 3. The number of nitrogen functional groups attached to an aromatic ring is 1. The predicted molar refractivity (Wildman–Crippen MR) is 81.0 cm³/mol. The molecule has 19 heavy (non-hydrogen) atoms. The molecular formula is C14H14N4S. The Hall–Kier alpha value is -2.14. The molecule has 2 heterocycles. The molecule has 0 bridgehead atoms. The molecule has 0 saturated heterocycles. The Labute approximate surface area is 115 Å². The zero-order valence-corrected chi connectivity index (χ0v) is 11.6. The molecule has 0 amide bonds. The van der Waals surface area contributed by atoms with Crippen LogP contribution in [0.2, 0.25) is 0 Å². The van der Waals surface area contributed by atoms with Gasteiger partial charge in [0.1, 0.15) is 0 Å². The second kappa shape index (κ2) is 4.51. The van der Waals surface area contributed by atoms with Crippen molar-refractivity contribution >= 4 is 40.1 Å². The Morgan fingerprint density at radius 3 is 2.84 bits per heavy atom. The fourth-order valence-corrected chi connectivity index (χ4v) is 2.66. The Morgan fingerprint density at radius 1 is 1.26 bits per heavy atom. The molecule has 3 N–H and O–H groups in total. The molecule has 4 nitrogen and oxygen atoms in total. The highest BCUT2D eigenvalue weighted by molar-refractivity contribution is 7.10. The second-order valence-electron chi connectivity index (χ2n) is 4.50. The molecule has 0 saturated carbocycles. The van der Waals surface area contributed by atoms with E-state index in [4.69, 9.17) is 5.73 Å². The van der Waals surface area contributed by atoms with Crippen LogP contribution in [0.1, 0.15) is 21.8 Å². The van der Waals surface area contributed by atoms with E-state index in [0.717, 1.165) is 38.4 Å². The van der Waals surface area contributed by atoms with Crippen molar-refractivity contribution < 1.29 is 0 Å². The van der Waals surface area contributed by atoms with Gasteiger partial charge in [-0.25, -0.2) is 4.98 Å². The summed E-state index contributed by atoms with van der Waals surface area (Å²) in [5, 5.41) is 8.40. The highest BCUT2D eigenvalue weighted by Gasteiger charge is 2.05. The van der Waals surface area contributed by atoms with E-state index in [1.807, 2.05) is 43.6 Å². The molecule has 96 valence electrons. The highest BCUT2D eigenvalue weighted by atomic mass is 32.1. The van der Waals surface area contributed by atoms with Gasteiger partial charge in [-0.05, 0) is 43.7 Å². The average Bonchev–Trinajstić information content (AvgIpc) is 2.95. The number of nitrogens with two attached hydrogens (primary N) is 1. The standard InChI is InChI=1S/C14H14N4S/c1-8-5-13-10(6-11(8)15)12(17-18-13)3-4-14-9(2)16-7-19-14/h3-7H,15H2,1-2H3,(H,17,18). The van der Waals surface area contributed by atoms with Crippen LogP contribution in [0, 0.1) is 13.8 Å². The van der Waals surface area contributed by atoms with Crippen LogP contribution in [0.5, 0.6) is 0 Å². The summed E-state index contributed by atoms with van der Waals surface area (Å²) in [7, 11) is 0. The SMILES string of the molecule is Cc1cc2[nH]nc(C=Cc3scnc3C)c2cc1N. The number of hydrogen-bond donors (Lipinski definition) is 2. The zero-order valence-electron chi connectivity index (χ0n) is 10.8. The van der Waals surface area contributed by atoms with Gasteiger partial charge >= 0.3 is 0 Å². The molecule has 0 fully saturated rings. The topological polar surface area (TPSA) is 67.6 Å². The first-order chi connectivity index (χ1) is 9.15. The van der Waals surface area contributed by atoms with Gasteiger partial charge in [0.15, 0.2) is 0 Å². The van der Waals surface area contributed by atoms with Gasteiger partial charge in [-0.1, -0.05) is 0 Å². The molecule has 0 unspecified atom stereocenters. The van der Waals surface area contributed by atoms with Crippen LogP contribution in [0.15, 0.2) is 17.6 Å². The minimum atomic E-state index is 0.789. The van der Waals surface area contributed by atoms with Crippen molar-refractivity contribution in [2.24, 2.45) is 0 Å². The summed E-state index contributed by atoms with van der Waals surface area (Å²) in [5.41, 5.74) is 12.6. The van der Waals surface area contributed by atoms with Gasteiger partial charge in [0.05, 0.1) is 22.4 Å². The molecule has 0 radical (unpaired) electrons. The number of nitrogens with one attached hydrogen (secondary N) is 1. The van der Waals surface area contributed by atoms with Crippen LogP contribution in [0.4, 0.5) is 5.69 Å². The Kier molecular flexibility index (Phi) is 2.83. The van der Waals surface area contributed by atoms with Crippen LogP contribution in [-0.2, 0) is 0 Å². The fraction of sp³-hybridized carbons (Fsp3) is 0.143. The van der Waals surface area contributed by atoms with Crippen molar-refractivity contribution in [3.63, 3.8) is 0 Å². The number of H-pyrrole nitrogens is 1. The van der Waals surface area contributed by atoms with E-state index in [1.54, 1.807) is 11.3 Å². The quantitative estimate of drug-likeness (QED) is 0.701. The molecule has 0 aliphatic heterocycles. The number of nitrogens with zero attached hydrogens (tertiary/aromatic N) is 2. The van der Waals surface area contributed by atoms with Gasteiger partial charge in [-0.3, -0.25) is 5.10 Å². The van der Waals surface area contributed by atoms with Crippen LogP contribution in [-0.4, -0.2) is 15.2 Å². The Bertz CT molecular complexity index is 767. The monoisotopic (exact) mass is 270 g/mol. The van der Waals surface area contributed by atoms with E-state index in [0.29, 0.717) is 0 Å². The van der Waals surface area contributed by atoms with Gasteiger partial charge in [0, 0.05) is 16.0 Å². The van der Waals surface area contributed by atoms with Gasteiger partial charge < -0.3 is 5.73 Å². The normalized spacial score (nSPS) is 11.7. The lowest BCUT2D eigenvalue weighted by atomic mass is 10.1. The maximum Gasteiger partial charge on any atom is 0.0928 e.